The maximum Gasteiger partial charge on any atom is 0.195 e. The van der Waals surface area contributed by atoms with E-state index >= 15 is 0 Å². The highest BCUT2D eigenvalue weighted by atomic mass is 16.1. The second kappa shape index (κ2) is 4.69. The van der Waals surface area contributed by atoms with Crippen molar-refractivity contribution in [3.05, 3.63) is 59.3 Å². The molecule has 5 nitrogen and oxygen atoms in total. The molecule has 5 N–H and O–H groups in total. The normalized spacial score (nSPS) is 10.4. The quantitative estimate of drug-likeness (QED) is 0.493. The summed E-state index contributed by atoms with van der Waals surface area (Å²) >= 11 is 0. The molecule has 3 aromatic rings. The Balaban J connectivity index is 2.21. The van der Waals surface area contributed by atoms with Crippen molar-refractivity contribution in [3.63, 3.8) is 0 Å². The molecule has 1 heterocycles. The zero-order valence-corrected chi connectivity index (χ0v) is 11.1. The van der Waals surface area contributed by atoms with Gasteiger partial charge >= 0.3 is 0 Å². The van der Waals surface area contributed by atoms with Gasteiger partial charge in [0.1, 0.15) is 0 Å². The van der Waals surface area contributed by atoms with E-state index in [-0.39, 0.29) is 5.78 Å². The standard InChI is InChI=1S/C16H12N4O/c17-7-9-2-1-3-14-15(9)13(8-20-14)16(21)10-4-11(18)6-12(19)5-10/h1-6,8,20H,18-19H2. The minimum absolute atomic E-state index is 0.219. The van der Waals surface area contributed by atoms with E-state index in [2.05, 4.69) is 11.1 Å². The number of H-pyrrole nitrogens is 1. The minimum Gasteiger partial charge on any atom is -0.399 e. The lowest BCUT2D eigenvalue weighted by Crippen LogP contribution is -2.03. The van der Waals surface area contributed by atoms with Crippen LogP contribution in [-0.4, -0.2) is 10.8 Å². The van der Waals surface area contributed by atoms with Gasteiger partial charge in [-0.15, -0.1) is 0 Å². The number of anilines is 2. The van der Waals surface area contributed by atoms with E-state index in [1.165, 1.54) is 0 Å². The van der Waals surface area contributed by atoms with Crippen LogP contribution in [0.25, 0.3) is 10.9 Å². The topological polar surface area (TPSA) is 109 Å². The van der Waals surface area contributed by atoms with Gasteiger partial charge < -0.3 is 16.5 Å². The fraction of sp³-hybridized carbons (Fsp3) is 0. The van der Waals surface area contributed by atoms with Crippen molar-refractivity contribution in [1.82, 2.24) is 4.98 Å². The summed E-state index contributed by atoms with van der Waals surface area (Å²) < 4.78 is 0. The van der Waals surface area contributed by atoms with E-state index in [0.29, 0.717) is 33.5 Å². The summed E-state index contributed by atoms with van der Waals surface area (Å²) in [7, 11) is 0. The van der Waals surface area contributed by atoms with Crippen LogP contribution in [0.1, 0.15) is 21.5 Å². The van der Waals surface area contributed by atoms with Gasteiger partial charge in [-0.3, -0.25) is 4.79 Å². The molecule has 0 spiro atoms. The Labute approximate surface area is 120 Å². The number of hydrogen-bond acceptors (Lipinski definition) is 4. The Bertz CT molecular complexity index is 882. The molecular formula is C16H12N4O. The van der Waals surface area contributed by atoms with E-state index in [9.17, 15) is 10.1 Å². The molecule has 0 saturated heterocycles. The summed E-state index contributed by atoms with van der Waals surface area (Å²) in [6, 6.07) is 12.1. The van der Waals surface area contributed by atoms with Crippen LogP contribution in [0.2, 0.25) is 0 Å². The summed E-state index contributed by atoms with van der Waals surface area (Å²) in [6.45, 7) is 0. The summed E-state index contributed by atoms with van der Waals surface area (Å²) in [6.07, 6.45) is 1.60. The highest BCUT2D eigenvalue weighted by Crippen LogP contribution is 2.25. The zero-order valence-electron chi connectivity index (χ0n) is 11.1. The monoisotopic (exact) mass is 276 g/mol. The number of nitrogens with one attached hydrogen (secondary N) is 1. The van der Waals surface area contributed by atoms with Gasteiger partial charge in [0.25, 0.3) is 0 Å². The zero-order chi connectivity index (χ0) is 15.0. The molecule has 0 unspecified atom stereocenters. The Kier molecular flexibility index (Phi) is 2.85. The van der Waals surface area contributed by atoms with Crippen molar-refractivity contribution in [2.24, 2.45) is 0 Å². The minimum atomic E-state index is -0.219. The number of nitrogen functional groups attached to an aromatic ring is 2. The van der Waals surface area contributed by atoms with Gasteiger partial charge in [0, 0.05) is 39.6 Å². The molecule has 0 saturated carbocycles. The first kappa shape index (κ1) is 12.8. The molecule has 0 fully saturated rings. The Morgan fingerprint density at radius 1 is 1.14 bits per heavy atom. The van der Waals surface area contributed by atoms with Crippen molar-refractivity contribution in [2.75, 3.05) is 11.5 Å². The maximum absolute atomic E-state index is 12.7. The molecule has 0 radical (unpaired) electrons. The molecule has 102 valence electrons. The number of ketones is 1. The van der Waals surface area contributed by atoms with E-state index in [1.807, 2.05) is 6.07 Å². The van der Waals surface area contributed by atoms with Gasteiger partial charge in [-0.1, -0.05) is 6.07 Å². The van der Waals surface area contributed by atoms with Crippen molar-refractivity contribution in [2.45, 2.75) is 0 Å². The average molecular weight is 276 g/mol. The number of benzene rings is 2. The number of aromatic nitrogens is 1. The number of rotatable bonds is 2. The maximum atomic E-state index is 12.7. The third-order valence-electron chi connectivity index (χ3n) is 3.31. The van der Waals surface area contributed by atoms with Crippen molar-refractivity contribution >= 4 is 28.1 Å². The Morgan fingerprint density at radius 2 is 1.86 bits per heavy atom. The molecule has 21 heavy (non-hydrogen) atoms. The Hall–Kier alpha value is -3.26. The Morgan fingerprint density at radius 3 is 2.52 bits per heavy atom. The number of aromatic amines is 1. The summed E-state index contributed by atoms with van der Waals surface area (Å²) in [4.78, 5) is 15.7. The van der Waals surface area contributed by atoms with E-state index in [1.54, 1.807) is 36.5 Å². The molecule has 2 aromatic carbocycles. The number of fused-ring (bicyclic) bond motifs is 1. The molecule has 1 aromatic heterocycles. The number of nitrogens with zero attached hydrogens (tertiary/aromatic N) is 1. The van der Waals surface area contributed by atoms with E-state index in [0.717, 1.165) is 5.52 Å². The van der Waals surface area contributed by atoms with Crippen LogP contribution < -0.4 is 11.5 Å². The lowest BCUT2D eigenvalue weighted by Gasteiger charge is -2.04. The molecule has 5 heteroatoms. The first-order valence-electron chi connectivity index (χ1n) is 6.31. The lowest BCUT2D eigenvalue weighted by molar-refractivity contribution is 0.104. The molecule has 0 aliphatic heterocycles. The first-order chi connectivity index (χ1) is 10.1. The van der Waals surface area contributed by atoms with Crippen LogP contribution in [0.4, 0.5) is 11.4 Å². The van der Waals surface area contributed by atoms with Gasteiger partial charge in [0.15, 0.2) is 5.78 Å². The summed E-state index contributed by atoms with van der Waals surface area (Å²) in [5.74, 6) is -0.219. The second-order valence-electron chi connectivity index (χ2n) is 4.76. The molecule has 0 aliphatic rings. The predicted octanol–water partition coefficient (Wildman–Crippen LogP) is 2.43. The van der Waals surface area contributed by atoms with Gasteiger partial charge in [-0.05, 0) is 30.3 Å². The van der Waals surface area contributed by atoms with Crippen LogP contribution in [0.5, 0.6) is 0 Å². The van der Waals surface area contributed by atoms with Crippen LogP contribution in [0.15, 0.2) is 42.6 Å². The number of carbonyl (C=O) groups is 1. The van der Waals surface area contributed by atoms with Crippen LogP contribution in [-0.2, 0) is 0 Å². The van der Waals surface area contributed by atoms with Gasteiger partial charge in [0.05, 0.1) is 11.6 Å². The molecule has 0 bridgehead atoms. The molecule has 0 aliphatic carbocycles. The third kappa shape index (κ3) is 2.09. The number of nitrogens with two attached hydrogens (primary N) is 2. The van der Waals surface area contributed by atoms with E-state index < -0.39 is 0 Å². The summed E-state index contributed by atoms with van der Waals surface area (Å²) in [5, 5.41) is 9.82. The molecular weight excluding hydrogens is 264 g/mol. The highest BCUT2D eigenvalue weighted by Gasteiger charge is 2.17. The van der Waals surface area contributed by atoms with Crippen molar-refractivity contribution in [1.29, 1.82) is 5.26 Å². The lowest BCUT2D eigenvalue weighted by atomic mass is 9.99. The third-order valence-corrected chi connectivity index (χ3v) is 3.31. The van der Waals surface area contributed by atoms with Gasteiger partial charge in [-0.2, -0.15) is 5.26 Å². The first-order valence-corrected chi connectivity index (χ1v) is 6.31. The SMILES string of the molecule is N#Cc1cccc2[nH]cc(C(=O)c3cc(N)cc(N)c3)c12. The number of carbonyl (C=O) groups excluding carboxylic acids is 1. The molecule has 0 amide bonds. The fourth-order valence-electron chi connectivity index (χ4n) is 2.42. The molecule has 0 atom stereocenters. The van der Waals surface area contributed by atoms with Gasteiger partial charge in [-0.25, -0.2) is 0 Å². The second-order valence-corrected chi connectivity index (χ2v) is 4.76. The van der Waals surface area contributed by atoms with Crippen LogP contribution in [0, 0.1) is 11.3 Å². The number of nitriles is 1. The van der Waals surface area contributed by atoms with Crippen LogP contribution >= 0.6 is 0 Å². The number of hydrogen-bond donors (Lipinski definition) is 3. The smallest absolute Gasteiger partial charge is 0.195 e. The average Bonchev–Trinajstić information content (AvgIpc) is 2.89. The van der Waals surface area contributed by atoms with E-state index in [4.69, 9.17) is 11.5 Å². The summed E-state index contributed by atoms with van der Waals surface area (Å²) in [5.41, 5.74) is 14.4. The largest absolute Gasteiger partial charge is 0.399 e. The van der Waals surface area contributed by atoms with Crippen molar-refractivity contribution < 1.29 is 4.79 Å². The fourth-order valence-corrected chi connectivity index (χ4v) is 2.42. The van der Waals surface area contributed by atoms with Gasteiger partial charge in [0.2, 0.25) is 0 Å². The predicted molar refractivity (Wildman–Crippen MR) is 81.7 cm³/mol. The molecule has 3 rings (SSSR count). The van der Waals surface area contributed by atoms with Crippen LogP contribution in [0.3, 0.4) is 0 Å². The highest BCUT2D eigenvalue weighted by molar-refractivity contribution is 6.17. The van der Waals surface area contributed by atoms with Crippen molar-refractivity contribution in [3.8, 4) is 6.07 Å².